The number of nitrogens with two attached hydrogens (primary N) is 1. The third-order valence-corrected chi connectivity index (χ3v) is 6.35. The molecule has 0 saturated heterocycles. The van der Waals surface area contributed by atoms with Crippen LogP contribution in [0.1, 0.15) is 90.3 Å². The lowest BCUT2D eigenvalue weighted by Crippen LogP contribution is -2.54. The Kier molecular flexibility index (Phi) is 10.9. The molecule has 9 nitrogen and oxygen atoms in total. The Balaban J connectivity index is 2.42. The summed E-state index contributed by atoms with van der Waals surface area (Å²) in [5, 5.41) is 5.63. The number of alkyl carbamates (subject to hydrolysis) is 1. The molecule has 1 aromatic rings. The van der Waals surface area contributed by atoms with E-state index in [9.17, 15) is 19.2 Å². The molecule has 4 N–H and O–H groups in total. The first-order valence-corrected chi connectivity index (χ1v) is 13.3. The maximum absolute atomic E-state index is 14.1. The molecule has 4 unspecified atom stereocenters. The summed E-state index contributed by atoms with van der Waals surface area (Å²) in [5.41, 5.74) is 6.32. The number of aryl methyl sites for hydroxylation is 1. The average molecular weight is 517 g/mol. The van der Waals surface area contributed by atoms with Crippen LogP contribution in [0.25, 0.3) is 0 Å². The lowest BCUT2D eigenvalue weighted by atomic mass is 10.00. The van der Waals surface area contributed by atoms with E-state index in [1.54, 1.807) is 25.7 Å². The van der Waals surface area contributed by atoms with Crippen LogP contribution in [0.3, 0.4) is 0 Å². The topological polar surface area (TPSA) is 131 Å². The van der Waals surface area contributed by atoms with Crippen LogP contribution in [0.5, 0.6) is 0 Å². The van der Waals surface area contributed by atoms with E-state index >= 15 is 0 Å². The van der Waals surface area contributed by atoms with Crippen molar-refractivity contribution in [3.63, 3.8) is 0 Å². The molecule has 1 aliphatic carbocycles. The molecule has 0 heterocycles. The Labute approximate surface area is 220 Å². The van der Waals surface area contributed by atoms with Crippen LogP contribution in [-0.2, 0) is 19.1 Å². The standard InChI is InChI=1S/C28H44N4O5/c1-7-8-9-16-30-25(34)24(20-12-10-18(2)11-13-20)32(22-17-19(22)3)26(35)21(14-15-23(29)33)31-27(36)37-28(4,5)6/h10-13,19,21-22,24H,7-9,14-17H2,1-6H3,(H2,29,33)(H,30,34)(H,31,36). The first-order valence-electron chi connectivity index (χ1n) is 13.3. The van der Waals surface area contributed by atoms with Gasteiger partial charge in [-0.15, -0.1) is 0 Å². The fraction of sp³-hybridized carbons (Fsp3) is 0.643. The Morgan fingerprint density at radius 1 is 1.14 bits per heavy atom. The summed E-state index contributed by atoms with van der Waals surface area (Å²) in [7, 11) is 0. The summed E-state index contributed by atoms with van der Waals surface area (Å²) in [6.07, 6.45) is 2.74. The Morgan fingerprint density at radius 3 is 2.27 bits per heavy atom. The molecule has 0 radical (unpaired) electrons. The molecule has 0 aliphatic heterocycles. The van der Waals surface area contributed by atoms with Crippen molar-refractivity contribution in [2.24, 2.45) is 11.7 Å². The molecule has 37 heavy (non-hydrogen) atoms. The zero-order valence-electron chi connectivity index (χ0n) is 23.1. The van der Waals surface area contributed by atoms with E-state index < -0.39 is 35.6 Å². The van der Waals surface area contributed by atoms with Crippen molar-refractivity contribution in [3.05, 3.63) is 35.4 Å². The smallest absolute Gasteiger partial charge is 0.408 e. The van der Waals surface area contributed by atoms with Crippen molar-refractivity contribution in [1.29, 1.82) is 0 Å². The van der Waals surface area contributed by atoms with Gasteiger partial charge >= 0.3 is 6.09 Å². The van der Waals surface area contributed by atoms with Crippen molar-refractivity contribution in [1.82, 2.24) is 15.5 Å². The number of primary amides is 1. The minimum atomic E-state index is -1.07. The van der Waals surface area contributed by atoms with Crippen molar-refractivity contribution in [2.75, 3.05) is 6.54 Å². The maximum atomic E-state index is 14.1. The number of carbonyl (C=O) groups excluding carboxylic acids is 4. The SMILES string of the molecule is CCCCCNC(=O)C(c1ccc(C)cc1)N(C(=O)C(CCC(N)=O)NC(=O)OC(C)(C)C)C1CC1C. The largest absolute Gasteiger partial charge is 0.444 e. The molecule has 0 aromatic heterocycles. The molecule has 4 atom stereocenters. The van der Waals surface area contributed by atoms with Gasteiger partial charge in [0.05, 0.1) is 0 Å². The molecular weight excluding hydrogens is 472 g/mol. The van der Waals surface area contributed by atoms with Crippen LogP contribution in [-0.4, -0.2) is 52.9 Å². The van der Waals surface area contributed by atoms with Gasteiger partial charge in [-0.1, -0.05) is 56.5 Å². The molecule has 1 saturated carbocycles. The number of unbranched alkanes of at least 4 members (excludes halogenated alkanes) is 2. The fourth-order valence-electron chi connectivity index (χ4n) is 4.22. The number of hydrogen-bond acceptors (Lipinski definition) is 5. The lowest BCUT2D eigenvalue weighted by molar-refractivity contribution is -0.143. The third-order valence-electron chi connectivity index (χ3n) is 6.35. The van der Waals surface area contributed by atoms with Crippen LogP contribution in [0.2, 0.25) is 0 Å². The first kappa shape index (κ1) is 30.1. The number of nitrogens with one attached hydrogen (secondary N) is 2. The van der Waals surface area contributed by atoms with Gasteiger partial charge in [0, 0.05) is 19.0 Å². The highest BCUT2D eigenvalue weighted by Gasteiger charge is 2.48. The molecular formula is C28H44N4O5. The summed E-state index contributed by atoms with van der Waals surface area (Å²) >= 11 is 0. The fourth-order valence-corrected chi connectivity index (χ4v) is 4.22. The van der Waals surface area contributed by atoms with Crippen molar-refractivity contribution >= 4 is 23.8 Å². The molecule has 1 aromatic carbocycles. The molecule has 1 aliphatic rings. The molecule has 206 valence electrons. The molecule has 1 fully saturated rings. The predicted molar refractivity (Wildman–Crippen MR) is 142 cm³/mol. The minimum absolute atomic E-state index is 0.00372. The van der Waals surface area contributed by atoms with Crippen molar-refractivity contribution in [3.8, 4) is 0 Å². The van der Waals surface area contributed by atoms with Gasteiger partial charge in [-0.25, -0.2) is 4.79 Å². The zero-order chi connectivity index (χ0) is 27.8. The quantitative estimate of drug-likeness (QED) is 0.344. The highest BCUT2D eigenvalue weighted by molar-refractivity contribution is 5.93. The summed E-state index contributed by atoms with van der Waals surface area (Å²) in [4.78, 5) is 53.4. The van der Waals surface area contributed by atoms with E-state index in [1.807, 2.05) is 38.1 Å². The Bertz CT molecular complexity index is 941. The second kappa shape index (κ2) is 13.4. The van der Waals surface area contributed by atoms with Crippen LogP contribution in [0.15, 0.2) is 24.3 Å². The summed E-state index contributed by atoms with van der Waals surface area (Å²) in [5.74, 6) is -1.09. The maximum Gasteiger partial charge on any atom is 0.408 e. The van der Waals surface area contributed by atoms with Gasteiger partial charge in [-0.2, -0.15) is 0 Å². The minimum Gasteiger partial charge on any atom is -0.444 e. The third kappa shape index (κ3) is 9.70. The number of amides is 4. The molecule has 4 amide bonds. The zero-order valence-corrected chi connectivity index (χ0v) is 23.1. The number of nitrogens with zero attached hydrogens (tertiary/aromatic N) is 1. The highest BCUT2D eigenvalue weighted by Crippen LogP contribution is 2.41. The molecule has 0 spiro atoms. The first-order chi connectivity index (χ1) is 17.3. The van der Waals surface area contributed by atoms with Gasteiger partial charge in [-0.05, 0) is 58.4 Å². The van der Waals surface area contributed by atoms with E-state index in [-0.39, 0.29) is 30.7 Å². The monoisotopic (exact) mass is 516 g/mol. The van der Waals surface area contributed by atoms with E-state index in [2.05, 4.69) is 17.6 Å². The number of rotatable bonds is 13. The van der Waals surface area contributed by atoms with Crippen molar-refractivity contribution < 1.29 is 23.9 Å². The van der Waals surface area contributed by atoms with Gasteiger partial charge < -0.3 is 26.0 Å². The van der Waals surface area contributed by atoms with Crippen LogP contribution < -0.4 is 16.4 Å². The summed E-state index contributed by atoms with van der Waals surface area (Å²) < 4.78 is 5.37. The number of ether oxygens (including phenoxy) is 1. The van der Waals surface area contributed by atoms with E-state index in [1.165, 1.54) is 0 Å². The van der Waals surface area contributed by atoms with E-state index in [0.717, 1.165) is 31.2 Å². The molecule has 2 rings (SSSR count). The van der Waals surface area contributed by atoms with E-state index in [4.69, 9.17) is 10.5 Å². The Morgan fingerprint density at radius 2 is 1.76 bits per heavy atom. The molecule has 9 heteroatoms. The van der Waals surface area contributed by atoms with Gasteiger partial charge in [0.2, 0.25) is 17.7 Å². The summed E-state index contributed by atoms with van der Waals surface area (Å²) in [6, 6.07) is 5.43. The normalized spacial score (nSPS) is 18.3. The summed E-state index contributed by atoms with van der Waals surface area (Å²) in [6.45, 7) is 11.8. The number of hydrogen-bond donors (Lipinski definition) is 3. The van der Waals surface area contributed by atoms with Crippen LogP contribution >= 0.6 is 0 Å². The van der Waals surface area contributed by atoms with Crippen LogP contribution in [0, 0.1) is 12.8 Å². The van der Waals surface area contributed by atoms with Gasteiger partial charge in [0.1, 0.15) is 17.7 Å². The Hall–Kier alpha value is -3.10. The van der Waals surface area contributed by atoms with E-state index in [0.29, 0.717) is 12.1 Å². The second-order valence-electron chi connectivity index (χ2n) is 11.0. The van der Waals surface area contributed by atoms with Gasteiger partial charge in [0.15, 0.2) is 0 Å². The average Bonchev–Trinajstić information content (AvgIpc) is 3.52. The molecule has 0 bridgehead atoms. The van der Waals surface area contributed by atoms with Crippen molar-refractivity contribution in [2.45, 2.75) is 104 Å². The second-order valence-corrected chi connectivity index (χ2v) is 11.0. The number of carbonyl (C=O) groups is 4. The van der Waals surface area contributed by atoms with Gasteiger partial charge in [0.25, 0.3) is 0 Å². The number of benzene rings is 1. The highest BCUT2D eigenvalue weighted by atomic mass is 16.6. The lowest BCUT2D eigenvalue weighted by Gasteiger charge is -2.35. The van der Waals surface area contributed by atoms with Gasteiger partial charge in [-0.3, -0.25) is 14.4 Å². The predicted octanol–water partition coefficient (Wildman–Crippen LogP) is 3.74. The van der Waals surface area contributed by atoms with Crippen LogP contribution in [0.4, 0.5) is 4.79 Å².